The molecule has 1 aromatic carbocycles. The number of imidazole rings is 1. The summed E-state index contributed by atoms with van der Waals surface area (Å²) in [6.45, 7) is 8.48. The number of fused-ring (bicyclic) bond motifs is 1. The molecule has 0 aliphatic rings. The zero-order valence-corrected chi connectivity index (χ0v) is 11.1. The second-order valence-corrected chi connectivity index (χ2v) is 4.90. The van der Waals surface area contributed by atoms with Crippen molar-refractivity contribution in [2.24, 2.45) is 5.73 Å². The van der Waals surface area contributed by atoms with Crippen molar-refractivity contribution in [1.82, 2.24) is 9.55 Å². The molecule has 1 heterocycles. The van der Waals surface area contributed by atoms with Crippen molar-refractivity contribution >= 4 is 11.0 Å². The van der Waals surface area contributed by atoms with Crippen LogP contribution >= 0.6 is 0 Å². The van der Waals surface area contributed by atoms with Gasteiger partial charge in [-0.25, -0.2) is 4.98 Å². The Morgan fingerprint density at radius 3 is 2.53 bits per heavy atom. The van der Waals surface area contributed by atoms with Crippen LogP contribution in [0.4, 0.5) is 0 Å². The molecule has 1 aromatic heterocycles. The molecule has 92 valence electrons. The Balaban J connectivity index is 2.70. The Morgan fingerprint density at radius 2 is 2.00 bits per heavy atom. The molecule has 1 atom stereocenters. The van der Waals surface area contributed by atoms with E-state index in [2.05, 4.69) is 48.5 Å². The molecule has 0 bridgehead atoms. The molecule has 0 amide bonds. The van der Waals surface area contributed by atoms with Gasteiger partial charge in [0.05, 0.1) is 17.1 Å². The summed E-state index contributed by atoms with van der Waals surface area (Å²) in [5.41, 5.74) is 9.57. The van der Waals surface area contributed by atoms with Crippen LogP contribution in [0.5, 0.6) is 0 Å². The van der Waals surface area contributed by atoms with E-state index in [0.717, 1.165) is 17.8 Å². The van der Waals surface area contributed by atoms with E-state index in [-0.39, 0.29) is 6.04 Å². The number of nitrogens with two attached hydrogens (primary N) is 1. The highest BCUT2D eigenvalue weighted by atomic mass is 15.1. The van der Waals surface area contributed by atoms with Crippen LogP contribution in [0.15, 0.2) is 18.2 Å². The van der Waals surface area contributed by atoms with Crippen LogP contribution in [-0.2, 0) is 6.42 Å². The van der Waals surface area contributed by atoms with Crippen molar-refractivity contribution in [3.63, 3.8) is 0 Å². The van der Waals surface area contributed by atoms with Crippen LogP contribution in [0.3, 0.4) is 0 Å². The van der Waals surface area contributed by atoms with Crippen molar-refractivity contribution in [3.05, 3.63) is 29.6 Å². The van der Waals surface area contributed by atoms with Gasteiger partial charge in [-0.3, -0.25) is 0 Å². The molecule has 2 N–H and O–H groups in total. The molecule has 0 saturated carbocycles. The Hall–Kier alpha value is -1.35. The van der Waals surface area contributed by atoms with Gasteiger partial charge >= 0.3 is 0 Å². The lowest BCUT2D eigenvalue weighted by molar-refractivity contribution is 0.558. The fraction of sp³-hybridized carbons (Fsp3) is 0.500. The van der Waals surface area contributed by atoms with Gasteiger partial charge in [0.15, 0.2) is 0 Å². The minimum atomic E-state index is -0.0325. The predicted molar refractivity (Wildman–Crippen MR) is 72.1 cm³/mol. The quantitative estimate of drug-likeness (QED) is 0.881. The number of hydrogen-bond acceptors (Lipinski definition) is 2. The van der Waals surface area contributed by atoms with Gasteiger partial charge < -0.3 is 10.3 Å². The summed E-state index contributed by atoms with van der Waals surface area (Å²) in [4.78, 5) is 4.68. The van der Waals surface area contributed by atoms with Crippen LogP contribution in [0.1, 0.15) is 51.2 Å². The van der Waals surface area contributed by atoms with E-state index in [9.17, 15) is 0 Å². The fourth-order valence-electron chi connectivity index (χ4n) is 2.25. The molecule has 0 aliphatic carbocycles. The molecule has 2 aromatic rings. The molecular weight excluding hydrogens is 210 g/mol. The fourth-order valence-corrected chi connectivity index (χ4v) is 2.25. The van der Waals surface area contributed by atoms with Crippen LogP contribution in [0.2, 0.25) is 0 Å². The summed E-state index contributed by atoms with van der Waals surface area (Å²) in [6, 6.07) is 6.85. The number of hydrogen-bond donors (Lipinski definition) is 1. The predicted octanol–water partition coefficient (Wildman–Crippen LogP) is 3.20. The maximum Gasteiger partial charge on any atom is 0.126 e. The number of rotatable bonds is 3. The number of aryl methyl sites for hydroxylation is 1. The molecule has 0 spiro atoms. The summed E-state index contributed by atoms with van der Waals surface area (Å²) in [6.07, 6.45) is 1.04. The van der Waals surface area contributed by atoms with Gasteiger partial charge in [-0.1, -0.05) is 13.0 Å². The van der Waals surface area contributed by atoms with Gasteiger partial charge in [-0.2, -0.15) is 0 Å². The molecule has 0 aliphatic heterocycles. The second kappa shape index (κ2) is 4.49. The topological polar surface area (TPSA) is 43.8 Å². The summed E-state index contributed by atoms with van der Waals surface area (Å²) < 4.78 is 2.24. The highest BCUT2D eigenvalue weighted by molar-refractivity contribution is 5.77. The third kappa shape index (κ3) is 2.07. The van der Waals surface area contributed by atoms with Crippen molar-refractivity contribution in [1.29, 1.82) is 0 Å². The van der Waals surface area contributed by atoms with E-state index in [0.29, 0.717) is 6.04 Å². The Kier molecular flexibility index (Phi) is 3.20. The van der Waals surface area contributed by atoms with Crippen LogP contribution in [0.25, 0.3) is 11.0 Å². The van der Waals surface area contributed by atoms with Crippen molar-refractivity contribution in [2.45, 2.75) is 46.2 Å². The van der Waals surface area contributed by atoms with Gasteiger partial charge in [0, 0.05) is 6.04 Å². The summed E-state index contributed by atoms with van der Waals surface area (Å²) in [5, 5.41) is 0. The summed E-state index contributed by atoms with van der Waals surface area (Å²) in [5.74, 6) is 0.975. The molecule has 2 rings (SSSR count). The molecule has 3 heteroatoms. The van der Waals surface area contributed by atoms with Gasteiger partial charge in [0.2, 0.25) is 0 Å². The van der Waals surface area contributed by atoms with Crippen LogP contribution in [0, 0.1) is 0 Å². The highest BCUT2D eigenvalue weighted by Gasteiger charge is 2.15. The van der Waals surface area contributed by atoms with Gasteiger partial charge in [-0.05, 0) is 44.9 Å². The molecule has 0 fully saturated rings. The first-order chi connectivity index (χ1) is 8.04. The molecule has 0 saturated heterocycles. The highest BCUT2D eigenvalue weighted by Crippen LogP contribution is 2.25. The first-order valence-electron chi connectivity index (χ1n) is 6.31. The zero-order chi connectivity index (χ0) is 12.6. The Morgan fingerprint density at radius 1 is 1.29 bits per heavy atom. The number of benzene rings is 1. The third-order valence-electron chi connectivity index (χ3n) is 3.11. The third-order valence-corrected chi connectivity index (χ3v) is 3.11. The van der Waals surface area contributed by atoms with Crippen LogP contribution in [-0.4, -0.2) is 9.55 Å². The molecule has 3 nitrogen and oxygen atoms in total. The van der Waals surface area contributed by atoms with E-state index in [1.165, 1.54) is 11.1 Å². The van der Waals surface area contributed by atoms with Gasteiger partial charge in [0.25, 0.3) is 0 Å². The Bertz CT molecular complexity index is 523. The maximum atomic E-state index is 6.00. The van der Waals surface area contributed by atoms with Crippen molar-refractivity contribution in [3.8, 4) is 0 Å². The second-order valence-electron chi connectivity index (χ2n) is 4.90. The molecular formula is C14H21N3. The number of nitrogens with zero attached hydrogens (tertiary/aromatic N) is 2. The van der Waals surface area contributed by atoms with E-state index < -0.39 is 0 Å². The minimum absolute atomic E-state index is 0.0325. The normalized spacial score (nSPS) is 13.5. The van der Waals surface area contributed by atoms with E-state index in [1.54, 1.807) is 0 Å². The van der Waals surface area contributed by atoms with E-state index in [4.69, 9.17) is 5.73 Å². The minimum Gasteiger partial charge on any atom is -0.324 e. The van der Waals surface area contributed by atoms with Gasteiger partial charge in [0.1, 0.15) is 5.82 Å². The lowest BCUT2D eigenvalue weighted by Gasteiger charge is -2.14. The summed E-state index contributed by atoms with van der Waals surface area (Å²) in [7, 11) is 0. The molecule has 1 unspecified atom stereocenters. The zero-order valence-electron chi connectivity index (χ0n) is 11.1. The average molecular weight is 231 g/mol. The maximum absolute atomic E-state index is 6.00. The first kappa shape index (κ1) is 12.1. The lowest BCUT2D eigenvalue weighted by atomic mass is 10.1. The lowest BCUT2D eigenvalue weighted by Crippen LogP contribution is -2.14. The average Bonchev–Trinajstić information content (AvgIpc) is 2.66. The monoisotopic (exact) mass is 231 g/mol. The molecule has 17 heavy (non-hydrogen) atoms. The SMILES string of the molecule is CCc1ccc2c(c1)nc(C(C)N)n2C(C)C. The largest absolute Gasteiger partial charge is 0.324 e. The van der Waals surface area contributed by atoms with E-state index in [1.807, 2.05) is 6.92 Å². The summed E-state index contributed by atoms with van der Waals surface area (Å²) >= 11 is 0. The first-order valence-corrected chi connectivity index (χ1v) is 6.31. The molecule has 0 radical (unpaired) electrons. The smallest absolute Gasteiger partial charge is 0.126 e. The standard InChI is InChI=1S/C14H21N3/c1-5-11-6-7-13-12(8-11)16-14(10(4)15)17(13)9(2)3/h6-10H,5,15H2,1-4H3. The Labute approximate surface area is 103 Å². The van der Waals surface area contributed by atoms with Crippen molar-refractivity contribution in [2.75, 3.05) is 0 Å². The van der Waals surface area contributed by atoms with Gasteiger partial charge in [-0.15, -0.1) is 0 Å². The van der Waals surface area contributed by atoms with Crippen LogP contribution < -0.4 is 5.73 Å². The van der Waals surface area contributed by atoms with Crippen molar-refractivity contribution < 1.29 is 0 Å². The number of aromatic nitrogens is 2. The van der Waals surface area contributed by atoms with E-state index >= 15 is 0 Å².